The van der Waals surface area contributed by atoms with Crippen LogP contribution in [0, 0.1) is 11.7 Å². The molecule has 1 aliphatic heterocycles. The highest BCUT2D eigenvalue weighted by Crippen LogP contribution is 2.41. The molecule has 0 spiro atoms. The van der Waals surface area contributed by atoms with E-state index in [1.807, 2.05) is 36.0 Å². The molecule has 0 aliphatic carbocycles. The van der Waals surface area contributed by atoms with Crippen molar-refractivity contribution >= 4 is 17.1 Å². The number of nitrogens with one attached hydrogen (secondary N) is 2. The van der Waals surface area contributed by atoms with Crippen LogP contribution < -0.4 is 5.32 Å². The third-order valence-electron chi connectivity index (χ3n) is 6.30. The van der Waals surface area contributed by atoms with Gasteiger partial charge in [0.2, 0.25) is 0 Å². The molecule has 180 valence electrons. The fourth-order valence-electron chi connectivity index (χ4n) is 4.63. The number of aryl methyl sites for hydroxylation is 1. The number of hydrogen-bond donors (Lipinski definition) is 2. The van der Waals surface area contributed by atoms with Gasteiger partial charge in [-0.25, -0.2) is 4.39 Å². The third-order valence-corrected chi connectivity index (χ3v) is 6.30. The maximum Gasteiger partial charge on any atom is 0.256 e. The number of benzene rings is 1. The number of nitrogens with zero attached hydrogens (tertiary/aromatic N) is 4. The number of H-pyrrole nitrogens is 1. The molecular formula is C26H33FN6O. The lowest BCUT2D eigenvalue weighted by Crippen LogP contribution is -2.48. The average Bonchev–Trinajstić information content (AvgIpc) is 3.45. The first-order chi connectivity index (χ1) is 16.3. The van der Waals surface area contributed by atoms with E-state index in [0.29, 0.717) is 35.0 Å². The molecule has 1 atom stereocenters. The maximum absolute atomic E-state index is 15.3. The molecular weight excluding hydrogens is 431 g/mol. The molecule has 7 nitrogen and oxygen atoms in total. The Labute approximate surface area is 199 Å². The van der Waals surface area contributed by atoms with Gasteiger partial charge in [0.15, 0.2) is 5.82 Å². The van der Waals surface area contributed by atoms with Crippen molar-refractivity contribution in [2.75, 3.05) is 0 Å². The maximum atomic E-state index is 15.3. The van der Waals surface area contributed by atoms with E-state index in [0.717, 1.165) is 43.4 Å². The molecule has 3 aromatic rings. The first-order valence-electron chi connectivity index (χ1n) is 12.1. The number of amides is 1. The van der Waals surface area contributed by atoms with Gasteiger partial charge >= 0.3 is 0 Å². The minimum Gasteiger partial charge on any atom is -0.342 e. The zero-order valence-electron chi connectivity index (χ0n) is 20.4. The van der Waals surface area contributed by atoms with Gasteiger partial charge in [-0.1, -0.05) is 45.7 Å². The second kappa shape index (κ2) is 9.91. The van der Waals surface area contributed by atoms with Crippen molar-refractivity contribution in [3.8, 4) is 0 Å². The van der Waals surface area contributed by atoms with Crippen molar-refractivity contribution < 1.29 is 9.18 Å². The first kappa shape index (κ1) is 23.9. The Morgan fingerprint density at radius 2 is 2.06 bits per heavy atom. The fraction of sp³-hybridized carbons (Fsp3) is 0.462. The Hall–Kier alpha value is -3.29. The lowest BCUT2D eigenvalue weighted by Gasteiger charge is -2.37. The van der Waals surface area contributed by atoms with Crippen LogP contribution in [0.4, 0.5) is 4.39 Å². The van der Waals surface area contributed by atoms with Gasteiger partial charge < -0.3 is 10.3 Å². The minimum absolute atomic E-state index is 0.301. The summed E-state index contributed by atoms with van der Waals surface area (Å²) >= 11 is 0. The number of unbranched alkanes of at least 4 members (excludes halogenated alkanes) is 2. The molecule has 0 saturated carbocycles. The van der Waals surface area contributed by atoms with Crippen molar-refractivity contribution in [3.05, 3.63) is 65.3 Å². The monoisotopic (exact) mass is 464 g/mol. The van der Waals surface area contributed by atoms with Gasteiger partial charge in [-0.15, -0.1) is 10.2 Å². The molecule has 0 fully saturated rings. The molecule has 0 unspecified atom stereocenters. The first-order valence-corrected chi connectivity index (χ1v) is 12.1. The Morgan fingerprint density at radius 1 is 1.24 bits per heavy atom. The summed E-state index contributed by atoms with van der Waals surface area (Å²) in [7, 11) is 0. The predicted octanol–water partition coefficient (Wildman–Crippen LogP) is 4.88. The highest BCUT2D eigenvalue weighted by Gasteiger charge is 2.41. The molecule has 8 heteroatoms. The summed E-state index contributed by atoms with van der Waals surface area (Å²) in [5, 5.41) is 15.7. The third kappa shape index (κ3) is 4.95. The zero-order valence-corrected chi connectivity index (χ0v) is 20.4. The molecule has 1 amide bonds. The molecule has 0 radical (unpaired) electrons. The van der Waals surface area contributed by atoms with Crippen molar-refractivity contribution in [3.63, 3.8) is 0 Å². The van der Waals surface area contributed by atoms with Gasteiger partial charge in [0.1, 0.15) is 12.1 Å². The van der Waals surface area contributed by atoms with Crippen molar-refractivity contribution in [1.82, 2.24) is 30.3 Å². The number of carbonyl (C=O) groups excluding carboxylic acids is 1. The Kier molecular flexibility index (Phi) is 6.95. The van der Waals surface area contributed by atoms with Crippen molar-refractivity contribution in [2.45, 2.75) is 71.9 Å². The van der Waals surface area contributed by atoms with Crippen LogP contribution in [0.1, 0.15) is 76.0 Å². The quantitative estimate of drug-likeness (QED) is 0.442. The normalized spacial score (nSPS) is 18.6. The topological polar surface area (TPSA) is 88.5 Å². The number of carbonyl (C=O) groups is 1. The van der Waals surface area contributed by atoms with Crippen LogP contribution in [0.3, 0.4) is 0 Å². The van der Waals surface area contributed by atoms with E-state index in [9.17, 15) is 4.79 Å². The molecule has 2 aromatic heterocycles. The van der Waals surface area contributed by atoms with E-state index in [1.165, 1.54) is 6.33 Å². The molecule has 0 bridgehead atoms. The van der Waals surface area contributed by atoms with Crippen LogP contribution in [0.15, 0.2) is 36.8 Å². The van der Waals surface area contributed by atoms with E-state index < -0.39 is 5.54 Å². The summed E-state index contributed by atoms with van der Waals surface area (Å²) in [6.07, 6.45) is 7.86. The fourth-order valence-corrected chi connectivity index (χ4v) is 4.63. The smallest absolute Gasteiger partial charge is 0.256 e. The van der Waals surface area contributed by atoms with E-state index in [1.54, 1.807) is 6.07 Å². The average molecular weight is 465 g/mol. The number of hydrogen-bond acceptors (Lipinski definition) is 4. The van der Waals surface area contributed by atoms with Gasteiger partial charge in [0.25, 0.3) is 5.91 Å². The van der Waals surface area contributed by atoms with E-state index in [2.05, 4.69) is 41.3 Å². The van der Waals surface area contributed by atoms with Crippen molar-refractivity contribution in [2.24, 2.45) is 5.92 Å². The second-order valence-corrected chi connectivity index (χ2v) is 9.74. The highest BCUT2D eigenvalue weighted by molar-refractivity contribution is 6.27. The van der Waals surface area contributed by atoms with Crippen LogP contribution in [-0.4, -0.2) is 30.9 Å². The largest absolute Gasteiger partial charge is 0.342 e. The van der Waals surface area contributed by atoms with Gasteiger partial charge in [-0.2, -0.15) is 5.10 Å². The van der Waals surface area contributed by atoms with Crippen molar-refractivity contribution in [1.29, 1.82) is 0 Å². The molecule has 3 heterocycles. The molecule has 0 saturated heterocycles. The lowest BCUT2D eigenvalue weighted by molar-refractivity contribution is -0.117. The van der Waals surface area contributed by atoms with Gasteiger partial charge in [0.05, 0.1) is 16.8 Å². The Morgan fingerprint density at radius 3 is 2.74 bits per heavy atom. The van der Waals surface area contributed by atoms with E-state index in [-0.39, 0.29) is 11.7 Å². The van der Waals surface area contributed by atoms with Crippen LogP contribution in [-0.2, 0) is 23.3 Å². The summed E-state index contributed by atoms with van der Waals surface area (Å²) in [4.78, 5) is 16.3. The lowest BCUT2D eigenvalue weighted by atomic mass is 9.79. The molecule has 1 aliphatic rings. The molecule has 2 N–H and O–H groups in total. The molecule has 34 heavy (non-hydrogen) atoms. The van der Waals surface area contributed by atoms with Gasteiger partial charge in [-0.05, 0) is 49.0 Å². The van der Waals surface area contributed by atoms with Gasteiger partial charge in [-0.3, -0.25) is 9.48 Å². The summed E-state index contributed by atoms with van der Waals surface area (Å²) in [5.41, 5.74) is 2.31. The zero-order chi connectivity index (χ0) is 24.3. The second-order valence-electron chi connectivity index (χ2n) is 9.74. The summed E-state index contributed by atoms with van der Waals surface area (Å²) in [6.45, 7) is 9.03. The standard InChI is InChI=1S/C26H33FN6O/c1-5-6-7-8-18-9-10-20(21(27)13-18)26(4)14-19(22-11-12-33(32-22)15-17(2)3)23(25(34)30-26)24-28-16-29-31-24/h9-13,16-17H,5-8,14-15H2,1-4H3,(H,30,34)(H,28,29,31)/t26-/m0/s1. The number of aromatic nitrogens is 5. The summed E-state index contributed by atoms with van der Waals surface area (Å²) in [5.74, 6) is 0.176. The van der Waals surface area contributed by atoms with Crippen LogP contribution in [0.2, 0.25) is 0 Å². The van der Waals surface area contributed by atoms with E-state index >= 15 is 4.39 Å². The number of aromatic amines is 1. The molecule has 1 aromatic carbocycles. The van der Waals surface area contributed by atoms with E-state index in [4.69, 9.17) is 5.10 Å². The number of rotatable bonds is 9. The van der Waals surface area contributed by atoms with Crippen LogP contribution in [0.5, 0.6) is 0 Å². The minimum atomic E-state index is -0.927. The molecule has 4 rings (SSSR count). The predicted molar refractivity (Wildman–Crippen MR) is 130 cm³/mol. The van der Waals surface area contributed by atoms with Crippen LogP contribution >= 0.6 is 0 Å². The number of halogens is 1. The SMILES string of the molecule is CCCCCc1ccc([C@]2(C)CC(c3ccn(CC(C)C)n3)=C(c3nnc[nH]3)C(=O)N2)c(F)c1. The summed E-state index contributed by atoms with van der Waals surface area (Å²) < 4.78 is 17.2. The van der Waals surface area contributed by atoms with Gasteiger partial charge in [0, 0.05) is 24.7 Å². The highest BCUT2D eigenvalue weighted by atomic mass is 19.1. The Balaban J connectivity index is 1.72. The summed E-state index contributed by atoms with van der Waals surface area (Å²) in [6, 6.07) is 7.29. The Bertz CT molecular complexity index is 1180. The van der Waals surface area contributed by atoms with Crippen LogP contribution in [0.25, 0.3) is 11.1 Å².